The number of hydrogen-bond donors (Lipinski definition) is 1. The van der Waals surface area contributed by atoms with Crippen LogP contribution in [0.4, 0.5) is 27.8 Å². The number of aromatic nitrogens is 2. The van der Waals surface area contributed by atoms with Crippen molar-refractivity contribution in [2.75, 3.05) is 18.0 Å². The van der Waals surface area contributed by atoms with Crippen molar-refractivity contribution in [3.8, 4) is 17.0 Å². The van der Waals surface area contributed by atoms with Crippen LogP contribution in [0.15, 0.2) is 30.6 Å². The van der Waals surface area contributed by atoms with E-state index in [1.54, 1.807) is 4.90 Å². The predicted octanol–water partition coefficient (Wildman–Crippen LogP) is 3.23. The van der Waals surface area contributed by atoms with E-state index >= 15 is 0 Å². The summed E-state index contributed by atoms with van der Waals surface area (Å²) in [5.41, 5.74) is 0.470. The van der Waals surface area contributed by atoms with Gasteiger partial charge in [0.2, 0.25) is 5.91 Å². The zero-order valence-electron chi connectivity index (χ0n) is 15.2. The van der Waals surface area contributed by atoms with Gasteiger partial charge in [0.15, 0.2) is 11.6 Å². The van der Waals surface area contributed by atoms with Crippen molar-refractivity contribution >= 4 is 11.7 Å². The highest BCUT2D eigenvalue weighted by Crippen LogP contribution is 2.30. The lowest BCUT2D eigenvalue weighted by molar-refractivity contribution is -0.275. The number of carbonyl (C=O) groups excluding carboxylic acids is 1. The topological polar surface area (TPSA) is 67.4 Å². The Hall–Kier alpha value is -2.98. The fourth-order valence-corrected chi connectivity index (χ4v) is 3.08. The van der Waals surface area contributed by atoms with Gasteiger partial charge in [-0.15, -0.1) is 13.2 Å². The van der Waals surface area contributed by atoms with Gasteiger partial charge in [0.25, 0.3) is 0 Å². The van der Waals surface area contributed by atoms with E-state index in [9.17, 15) is 26.7 Å². The minimum absolute atomic E-state index is 0.00583. The van der Waals surface area contributed by atoms with E-state index in [1.165, 1.54) is 25.4 Å². The van der Waals surface area contributed by atoms with Gasteiger partial charge in [0.1, 0.15) is 18.3 Å². The molecule has 2 unspecified atom stereocenters. The number of rotatable bonds is 4. The maximum absolute atomic E-state index is 14.3. The number of halogens is 5. The molecule has 1 aromatic heterocycles. The molecule has 1 aliphatic rings. The molecule has 2 aromatic rings. The van der Waals surface area contributed by atoms with Crippen LogP contribution in [0.5, 0.6) is 5.75 Å². The number of anilines is 1. The number of nitrogens with one attached hydrogen (secondary N) is 1. The highest BCUT2D eigenvalue weighted by molar-refractivity contribution is 5.73. The summed E-state index contributed by atoms with van der Waals surface area (Å²) in [4.78, 5) is 20.9. The van der Waals surface area contributed by atoms with Crippen molar-refractivity contribution in [2.24, 2.45) is 0 Å². The van der Waals surface area contributed by atoms with Gasteiger partial charge in [-0.05, 0) is 24.6 Å². The Morgan fingerprint density at radius 3 is 2.66 bits per heavy atom. The second kappa shape index (κ2) is 8.18. The highest BCUT2D eigenvalue weighted by Gasteiger charge is 2.33. The summed E-state index contributed by atoms with van der Waals surface area (Å²) < 4.78 is 68.7. The summed E-state index contributed by atoms with van der Waals surface area (Å²) >= 11 is 0. The van der Waals surface area contributed by atoms with E-state index in [4.69, 9.17) is 0 Å². The molecule has 2 atom stereocenters. The lowest BCUT2D eigenvalue weighted by atomic mass is 10.0. The van der Waals surface area contributed by atoms with Crippen molar-refractivity contribution in [3.05, 3.63) is 36.4 Å². The summed E-state index contributed by atoms with van der Waals surface area (Å²) in [6, 6.07) is 3.87. The molecule has 1 amide bonds. The van der Waals surface area contributed by atoms with E-state index in [0.29, 0.717) is 18.8 Å². The third-order valence-corrected chi connectivity index (χ3v) is 4.36. The van der Waals surface area contributed by atoms with E-state index < -0.39 is 30.1 Å². The zero-order valence-corrected chi connectivity index (χ0v) is 15.2. The summed E-state index contributed by atoms with van der Waals surface area (Å²) in [5.74, 6) is -2.07. The molecule has 1 saturated heterocycles. The molecule has 29 heavy (non-hydrogen) atoms. The van der Waals surface area contributed by atoms with Gasteiger partial charge < -0.3 is 15.0 Å². The van der Waals surface area contributed by atoms with Gasteiger partial charge in [0, 0.05) is 25.1 Å². The van der Waals surface area contributed by atoms with Crippen LogP contribution in [-0.4, -0.2) is 47.5 Å². The molecule has 156 valence electrons. The van der Waals surface area contributed by atoms with Gasteiger partial charge >= 0.3 is 6.36 Å². The van der Waals surface area contributed by atoms with E-state index in [2.05, 4.69) is 20.0 Å². The number of hydrogen-bond acceptors (Lipinski definition) is 5. The lowest BCUT2D eigenvalue weighted by Gasteiger charge is -2.35. The standard InChI is InChI=1S/C18H17F5N4O2/c1-10(28)26-14-4-5-27(8-13(14)20)17-7-15(24-9-25-17)11-2-3-16(12(19)6-11)29-18(21,22)23/h2-3,6-7,9,13-14H,4-5,8H2,1H3,(H,26,28). The van der Waals surface area contributed by atoms with Crippen LogP contribution in [0.1, 0.15) is 13.3 Å². The molecule has 1 aliphatic heterocycles. The first-order chi connectivity index (χ1) is 13.6. The zero-order chi connectivity index (χ0) is 21.2. The second-order valence-corrected chi connectivity index (χ2v) is 6.51. The molecule has 0 bridgehead atoms. The van der Waals surface area contributed by atoms with Crippen LogP contribution < -0.4 is 15.0 Å². The Labute approximate surface area is 162 Å². The third kappa shape index (κ3) is 5.30. The quantitative estimate of drug-likeness (QED) is 0.776. The largest absolute Gasteiger partial charge is 0.573 e. The first kappa shape index (κ1) is 20.7. The average Bonchev–Trinajstić information content (AvgIpc) is 2.64. The number of ether oxygens (including phenoxy) is 1. The Kier molecular flexibility index (Phi) is 5.85. The molecule has 1 N–H and O–H groups in total. The molecule has 2 heterocycles. The van der Waals surface area contributed by atoms with Gasteiger partial charge in [-0.1, -0.05) is 0 Å². The number of nitrogens with zero attached hydrogens (tertiary/aromatic N) is 3. The molecule has 6 nitrogen and oxygen atoms in total. The molecule has 1 fully saturated rings. The smallest absolute Gasteiger partial charge is 0.403 e. The van der Waals surface area contributed by atoms with Crippen LogP contribution in [0.2, 0.25) is 0 Å². The second-order valence-electron chi connectivity index (χ2n) is 6.51. The number of benzene rings is 1. The Morgan fingerprint density at radius 2 is 2.03 bits per heavy atom. The van der Waals surface area contributed by atoms with E-state index in [0.717, 1.165) is 12.1 Å². The van der Waals surface area contributed by atoms with Gasteiger partial charge in [-0.3, -0.25) is 4.79 Å². The lowest BCUT2D eigenvalue weighted by Crippen LogP contribution is -2.52. The average molecular weight is 416 g/mol. The maximum atomic E-state index is 14.3. The Bertz CT molecular complexity index is 893. The summed E-state index contributed by atoms with van der Waals surface area (Å²) in [6.45, 7) is 1.74. The van der Waals surface area contributed by atoms with Crippen LogP contribution in [0.25, 0.3) is 11.3 Å². The molecule has 0 aliphatic carbocycles. The van der Waals surface area contributed by atoms with Crippen molar-refractivity contribution in [1.29, 1.82) is 0 Å². The maximum Gasteiger partial charge on any atom is 0.573 e. The molecule has 1 aromatic carbocycles. The number of alkyl halides is 4. The summed E-state index contributed by atoms with van der Waals surface area (Å²) in [5, 5.41) is 2.56. The summed E-state index contributed by atoms with van der Waals surface area (Å²) in [7, 11) is 0. The molecular formula is C18H17F5N4O2. The highest BCUT2D eigenvalue weighted by atomic mass is 19.4. The van der Waals surface area contributed by atoms with Gasteiger partial charge in [-0.2, -0.15) is 0 Å². The first-order valence-electron chi connectivity index (χ1n) is 8.66. The normalized spacial score (nSPS) is 19.7. The Morgan fingerprint density at radius 1 is 1.28 bits per heavy atom. The fourth-order valence-electron chi connectivity index (χ4n) is 3.08. The molecule has 0 spiro atoms. The van der Waals surface area contributed by atoms with Crippen molar-refractivity contribution < 1.29 is 31.5 Å². The fraction of sp³-hybridized carbons (Fsp3) is 0.389. The van der Waals surface area contributed by atoms with Crippen LogP contribution in [0.3, 0.4) is 0 Å². The number of carbonyl (C=O) groups is 1. The predicted molar refractivity (Wildman–Crippen MR) is 93.4 cm³/mol. The molecule has 0 saturated carbocycles. The van der Waals surface area contributed by atoms with Crippen LogP contribution in [-0.2, 0) is 4.79 Å². The number of amides is 1. The summed E-state index contributed by atoms with van der Waals surface area (Å²) in [6.07, 6.45) is -4.73. The van der Waals surface area contributed by atoms with Gasteiger partial charge in [0.05, 0.1) is 18.3 Å². The Balaban J connectivity index is 1.77. The van der Waals surface area contributed by atoms with Crippen molar-refractivity contribution in [2.45, 2.75) is 31.9 Å². The number of piperidine rings is 1. The van der Waals surface area contributed by atoms with E-state index in [1.807, 2.05) is 0 Å². The molecular weight excluding hydrogens is 399 g/mol. The van der Waals surface area contributed by atoms with Crippen LogP contribution in [0, 0.1) is 5.82 Å². The van der Waals surface area contributed by atoms with Gasteiger partial charge in [-0.25, -0.2) is 18.7 Å². The van der Waals surface area contributed by atoms with Crippen LogP contribution >= 0.6 is 0 Å². The third-order valence-electron chi connectivity index (χ3n) is 4.36. The van der Waals surface area contributed by atoms with E-state index in [-0.39, 0.29) is 23.7 Å². The molecule has 0 radical (unpaired) electrons. The SMILES string of the molecule is CC(=O)NC1CCN(c2cc(-c3ccc(OC(F)(F)F)c(F)c3)ncn2)CC1F. The minimum atomic E-state index is -5.00. The van der Waals surface area contributed by atoms with Crippen molar-refractivity contribution in [1.82, 2.24) is 15.3 Å². The van der Waals surface area contributed by atoms with Crippen molar-refractivity contribution in [3.63, 3.8) is 0 Å². The monoisotopic (exact) mass is 416 g/mol. The first-order valence-corrected chi connectivity index (χ1v) is 8.66. The minimum Gasteiger partial charge on any atom is -0.403 e. The molecule has 11 heteroatoms. The molecule has 3 rings (SSSR count).